The molecule has 4 heterocycles. The first-order valence-corrected chi connectivity index (χ1v) is 10.2. The summed E-state index contributed by atoms with van der Waals surface area (Å²) in [5, 5.41) is 8.95. The summed E-state index contributed by atoms with van der Waals surface area (Å²) in [6.07, 6.45) is 3.78. The molecule has 2 aromatic heterocycles. The Kier molecular flexibility index (Phi) is 5.72. The number of carbonyl (C=O) groups excluding carboxylic acids is 1. The Morgan fingerprint density at radius 3 is 2.61 bits per heavy atom. The Bertz CT molecular complexity index is 978. The topological polar surface area (TPSA) is 82.4 Å². The number of fused-ring (bicyclic) bond motifs is 2. The summed E-state index contributed by atoms with van der Waals surface area (Å²) in [5.74, 6) is -2.73. The van der Waals surface area contributed by atoms with E-state index in [0.29, 0.717) is 18.7 Å². The van der Waals surface area contributed by atoms with E-state index in [0.717, 1.165) is 18.7 Å². The van der Waals surface area contributed by atoms with Gasteiger partial charge in [-0.1, -0.05) is 0 Å². The van der Waals surface area contributed by atoms with Crippen LogP contribution >= 0.6 is 0 Å². The van der Waals surface area contributed by atoms with Gasteiger partial charge in [-0.2, -0.15) is 14.0 Å². The Labute approximate surface area is 179 Å². The van der Waals surface area contributed by atoms with E-state index in [-0.39, 0.29) is 30.2 Å². The fourth-order valence-electron chi connectivity index (χ4n) is 4.46. The van der Waals surface area contributed by atoms with Crippen LogP contribution in [0.2, 0.25) is 0 Å². The average Bonchev–Trinajstić information content (AvgIpc) is 3.06. The Balaban J connectivity index is 1.39. The molecule has 0 radical (unpaired) electrons. The van der Waals surface area contributed by atoms with Gasteiger partial charge in [0, 0.05) is 50.4 Å². The number of anilines is 1. The number of hydrogen-bond donors (Lipinski definition) is 0. The second-order valence-electron chi connectivity index (χ2n) is 7.87. The van der Waals surface area contributed by atoms with E-state index in [1.165, 1.54) is 25.4 Å². The number of nitrogens with zero attached hydrogens (tertiary/aromatic N) is 5. The van der Waals surface area contributed by atoms with Crippen molar-refractivity contribution in [1.29, 1.82) is 5.26 Å². The lowest BCUT2D eigenvalue weighted by Gasteiger charge is -2.42. The molecule has 0 aliphatic carbocycles. The van der Waals surface area contributed by atoms with Crippen LogP contribution in [0.1, 0.15) is 36.9 Å². The minimum Gasteiger partial charge on any atom is -0.495 e. The lowest BCUT2D eigenvalue weighted by Crippen LogP contribution is -2.55. The summed E-state index contributed by atoms with van der Waals surface area (Å²) in [4.78, 5) is 24.8. The molecule has 2 unspecified atom stereocenters. The zero-order valence-corrected chi connectivity index (χ0v) is 17.2. The molecule has 31 heavy (non-hydrogen) atoms. The fourth-order valence-corrected chi connectivity index (χ4v) is 4.46. The Hall–Kier alpha value is -3.28. The van der Waals surface area contributed by atoms with Crippen LogP contribution in [-0.2, 0) is 10.7 Å². The molecular formula is C22H23F2N5O2. The molecule has 2 aliphatic rings. The monoisotopic (exact) mass is 427 g/mol. The summed E-state index contributed by atoms with van der Waals surface area (Å²) in [7, 11) is 1.32. The molecule has 0 N–H and O–H groups in total. The van der Waals surface area contributed by atoms with Crippen LogP contribution in [0.25, 0.3) is 0 Å². The molecule has 2 aromatic rings. The van der Waals surface area contributed by atoms with E-state index in [9.17, 15) is 13.6 Å². The normalized spacial score (nSPS) is 20.5. The van der Waals surface area contributed by atoms with Gasteiger partial charge in [0.1, 0.15) is 17.6 Å². The number of ether oxygens (including phenoxy) is 1. The van der Waals surface area contributed by atoms with Crippen LogP contribution in [0.4, 0.5) is 14.6 Å². The van der Waals surface area contributed by atoms with Crippen molar-refractivity contribution in [3.8, 4) is 11.8 Å². The number of pyridine rings is 2. The molecule has 2 atom stereocenters. The molecule has 0 aromatic carbocycles. The van der Waals surface area contributed by atoms with Crippen molar-refractivity contribution in [3.63, 3.8) is 0 Å². The van der Waals surface area contributed by atoms with Gasteiger partial charge in [-0.25, -0.2) is 4.98 Å². The number of rotatable bonds is 6. The molecule has 162 valence electrons. The van der Waals surface area contributed by atoms with Crippen molar-refractivity contribution in [2.24, 2.45) is 0 Å². The van der Waals surface area contributed by atoms with Crippen molar-refractivity contribution in [3.05, 3.63) is 47.9 Å². The molecule has 0 saturated carbocycles. The van der Waals surface area contributed by atoms with Gasteiger partial charge in [0.15, 0.2) is 5.69 Å². The number of aromatic nitrogens is 2. The molecular weight excluding hydrogens is 404 g/mol. The van der Waals surface area contributed by atoms with Crippen LogP contribution in [0, 0.1) is 11.3 Å². The summed E-state index contributed by atoms with van der Waals surface area (Å²) in [6, 6.07) is 8.77. The maximum Gasteiger partial charge on any atom is 0.293 e. The predicted molar refractivity (Wildman–Crippen MR) is 109 cm³/mol. The van der Waals surface area contributed by atoms with E-state index in [4.69, 9.17) is 10.00 Å². The lowest BCUT2D eigenvalue weighted by molar-refractivity contribution is -0.134. The van der Waals surface area contributed by atoms with Crippen molar-refractivity contribution < 1.29 is 18.3 Å². The molecule has 9 heteroatoms. The highest BCUT2D eigenvalue weighted by Gasteiger charge is 2.43. The van der Waals surface area contributed by atoms with Gasteiger partial charge in [-0.15, -0.1) is 0 Å². The fraction of sp³-hybridized carbons (Fsp3) is 0.455. The minimum atomic E-state index is -3.25. The minimum absolute atomic E-state index is 0.0153. The van der Waals surface area contributed by atoms with Crippen LogP contribution in [0.3, 0.4) is 0 Å². The number of piperazine rings is 1. The third-order valence-corrected chi connectivity index (χ3v) is 5.97. The summed E-state index contributed by atoms with van der Waals surface area (Å²) in [6.45, 7) is 0.963. The summed E-state index contributed by atoms with van der Waals surface area (Å²) < 4.78 is 34.4. The van der Waals surface area contributed by atoms with E-state index >= 15 is 0 Å². The molecule has 2 saturated heterocycles. The third-order valence-electron chi connectivity index (χ3n) is 5.97. The quantitative estimate of drug-likeness (QED) is 0.705. The molecule has 7 nitrogen and oxygen atoms in total. The first-order valence-electron chi connectivity index (χ1n) is 10.2. The predicted octanol–water partition coefficient (Wildman–Crippen LogP) is 3.11. The number of likely N-dealkylation sites (tertiary alicyclic amines) is 1. The van der Waals surface area contributed by atoms with Crippen molar-refractivity contribution >= 4 is 11.7 Å². The van der Waals surface area contributed by atoms with Gasteiger partial charge in [0.05, 0.1) is 12.7 Å². The van der Waals surface area contributed by atoms with Crippen LogP contribution in [0.5, 0.6) is 5.75 Å². The summed E-state index contributed by atoms with van der Waals surface area (Å²) >= 11 is 0. The van der Waals surface area contributed by atoms with Crippen molar-refractivity contribution in [2.45, 2.75) is 43.7 Å². The Morgan fingerprint density at radius 2 is 2.00 bits per heavy atom. The van der Waals surface area contributed by atoms with E-state index in [1.807, 2.05) is 6.07 Å². The van der Waals surface area contributed by atoms with Gasteiger partial charge < -0.3 is 14.5 Å². The van der Waals surface area contributed by atoms with E-state index in [1.54, 1.807) is 17.2 Å². The highest BCUT2D eigenvalue weighted by molar-refractivity contribution is 5.77. The number of hydrogen-bond acceptors (Lipinski definition) is 6. The standard InChI is InChI=1S/C22H23F2N5O2/c1-31-18-3-2-10-26-21(18)22(23,24)9-8-20(30)28-13-16-5-6-17(14-28)29(16)19-7-4-15(11-25)12-27-19/h2-4,7,10,12,16-17H,5-6,8-9,13-14H2,1H3. The largest absolute Gasteiger partial charge is 0.495 e. The van der Waals surface area contributed by atoms with Gasteiger partial charge in [0.25, 0.3) is 5.92 Å². The Morgan fingerprint density at radius 1 is 1.26 bits per heavy atom. The second kappa shape index (κ2) is 8.46. The molecule has 4 rings (SSSR count). The van der Waals surface area contributed by atoms with E-state index in [2.05, 4.69) is 20.9 Å². The maximum absolute atomic E-state index is 14.7. The zero-order valence-electron chi connectivity index (χ0n) is 17.2. The van der Waals surface area contributed by atoms with Crippen molar-refractivity contribution in [2.75, 3.05) is 25.1 Å². The average molecular weight is 427 g/mol. The first-order chi connectivity index (χ1) is 14.9. The SMILES string of the molecule is COc1cccnc1C(F)(F)CCC(=O)N1CC2CCC(C1)N2c1ccc(C#N)cn1. The van der Waals surface area contributed by atoms with Crippen LogP contribution in [0.15, 0.2) is 36.7 Å². The zero-order chi connectivity index (χ0) is 22.0. The number of alkyl halides is 2. The third kappa shape index (κ3) is 4.15. The molecule has 2 fully saturated rings. The van der Waals surface area contributed by atoms with Crippen LogP contribution < -0.4 is 9.64 Å². The van der Waals surface area contributed by atoms with E-state index < -0.39 is 18.0 Å². The highest BCUT2D eigenvalue weighted by Crippen LogP contribution is 2.38. The van der Waals surface area contributed by atoms with Gasteiger partial charge in [-0.05, 0) is 37.1 Å². The number of halogens is 2. The smallest absolute Gasteiger partial charge is 0.293 e. The molecule has 2 aliphatic heterocycles. The number of methoxy groups -OCH3 is 1. The van der Waals surface area contributed by atoms with Gasteiger partial charge in [0.2, 0.25) is 5.91 Å². The first kappa shape index (κ1) is 21.0. The molecule has 0 spiro atoms. The lowest BCUT2D eigenvalue weighted by atomic mass is 10.1. The summed E-state index contributed by atoms with van der Waals surface area (Å²) in [5.41, 5.74) is 0.0532. The van der Waals surface area contributed by atoms with Crippen LogP contribution in [-0.4, -0.2) is 53.1 Å². The molecule has 1 amide bonds. The molecule has 2 bridgehead atoms. The number of amides is 1. The van der Waals surface area contributed by atoms with Gasteiger partial charge >= 0.3 is 0 Å². The van der Waals surface area contributed by atoms with Crippen molar-refractivity contribution in [1.82, 2.24) is 14.9 Å². The highest BCUT2D eigenvalue weighted by atomic mass is 19.3. The second-order valence-corrected chi connectivity index (χ2v) is 7.87. The maximum atomic E-state index is 14.7. The number of nitriles is 1. The van der Waals surface area contributed by atoms with Gasteiger partial charge in [-0.3, -0.25) is 9.78 Å². The number of carbonyl (C=O) groups is 1.